The average Bonchev–Trinajstić information content (AvgIpc) is 3.06. The summed E-state index contributed by atoms with van der Waals surface area (Å²) >= 11 is 0. The molecule has 110 valence electrons. The van der Waals surface area contributed by atoms with Crippen molar-refractivity contribution in [3.8, 4) is 0 Å². The van der Waals surface area contributed by atoms with Gasteiger partial charge in [-0.1, -0.05) is 0 Å². The summed E-state index contributed by atoms with van der Waals surface area (Å²) in [5.41, 5.74) is 0. The maximum absolute atomic E-state index is 11.9. The largest absolute Gasteiger partial charge is 0.478 e. The molecule has 20 heavy (non-hydrogen) atoms. The Morgan fingerprint density at radius 2 is 1.80 bits per heavy atom. The lowest BCUT2D eigenvalue weighted by Crippen LogP contribution is -2.43. The summed E-state index contributed by atoms with van der Waals surface area (Å²) in [6.07, 6.45) is 4.89. The Morgan fingerprint density at radius 3 is 2.45 bits per heavy atom. The first-order chi connectivity index (χ1) is 9.56. The Labute approximate surface area is 117 Å². The number of carbonyl (C=O) groups is 3. The fraction of sp³-hybridized carbons (Fsp3) is 0.615. The van der Waals surface area contributed by atoms with E-state index in [1.54, 1.807) is 4.90 Å². The lowest BCUT2D eigenvalue weighted by Gasteiger charge is -2.23. The van der Waals surface area contributed by atoms with Crippen LogP contribution in [0.25, 0.3) is 0 Å². The van der Waals surface area contributed by atoms with Crippen LogP contribution < -0.4 is 5.32 Å². The van der Waals surface area contributed by atoms with Gasteiger partial charge in [-0.15, -0.1) is 0 Å². The number of aliphatic carboxylic acids is 1. The number of amides is 3. The van der Waals surface area contributed by atoms with Crippen molar-refractivity contribution in [2.24, 2.45) is 0 Å². The summed E-state index contributed by atoms with van der Waals surface area (Å²) in [6, 6.07) is -0.0698. The number of rotatable bonds is 3. The number of hydrogen-bond donors (Lipinski definition) is 2. The zero-order chi connectivity index (χ0) is 14.5. The molecule has 0 aromatic heterocycles. The molecule has 2 rings (SSSR count). The Kier molecular flexibility index (Phi) is 4.73. The molecule has 2 aliphatic heterocycles. The van der Waals surface area contributed by atoms with E-state index in [4.69, 9.17) is 5.11 Å². The van der Waals surface area contributed by atoms with Crippen LogP contribution in [-0.4, -0.2) is 65.0 Å². The number of nitrogens with one attached hydrogen (secondary N) is 1. The van der Waals surface area contributed by atoms with Crippen LogP contribution in [0.5, 0.6) is 0 Å². The van der Waals surface area contributed by atoms with Crippen molar-refractivity contribution in [2.75, 3.05) is 26.2 Å². The van der Waals surface area contributed by atoms with Gasteiger partial charge in [-0.25, -0.2) is 9.59 Å². The summed E-state index contributed by atoms with van der Waals surface area (Å²) < 4.78 is 0. The standard InChI is InChI=1S/C13H19N3O4/c17-11(3-4-12(18)19)14-13(20)16-8-5-10(9-16)15-6-1-2-7-15/h3-4,10H,1-2,5-9H2,(H,18,19)(H,14,17,20). The molecule has 1 unspecified atom stereocenters. The second-order valence-corrected chi connectivity index (χ2v) is 5.10. The van der Waals surface area contributed by atoms with Crippen LogP contribution in [0.2, 0.25) is 0 Å². The molecule has 0 aromatic carbocycles. The van der Waals surface area contributed by atoms with E-state index in [2.05, 4.69) is 10.2 Å². The third-order valence-electron chi connectivity index (χ3n) is 3.72. The highest BCUT2D eigenvalue weighted by Crippen LogP contribution is 2.20. The smallest absolute Gasteiger partial charge is 0.328 e. The van der Waals surface area contributed by atoms with Crippen molar-refractivity contribution in [3.05, 3.63) is 12.2 Å². The second-order valence-electron chi connectivity index (χ2n) is 5.10. The Balaban J connectivity index is 1.79. The molecular formula is C13H19N3O4. The maximum atomic E-state index is 11.9. The van der Waals surface area contributed by atoms with Gasteiger partial charge in [-0.05, 0) is 32.4 Å². The van der Waals surface area contributed by atoms with Crippen LogP contribution in [0.1, 0.15) is 19.3 Å². The highest BCUT2D eigenvalue weighted by Gasteiger charge is 2.31. The van der Waals surface area contributed by atoms with Crippen LogP contribution in [-0.2, 0) is 9.59 Å². The number of urea groups is 1. The predicted octanol–water partition coefficient (Wildman–Crippen LogP) is 0.0335. The second kappa shape index (κ2) is 6.51. The van der Waals surface area contributed by atoms with Crippen molar-refractivity contribution < 1.29 is 19.5 Å². The molecule has 3 amide bonds. The third-order valence-corrected chi connectivity index (χ3v) is 3.72. The first kappa shape index (κ1) is 14.5. The predicted molar refractivity (Wildman–Crippen MR) is 71.1 cm³/mol. The van der Waals surface area contributed by atoms with Gasteiger partial charge in [0.1, 0.15) is 0 Å². The van der Waals surface area contributed by atoms with Gasteiger partial charge in [0, 0.05) is 31.3 Å². The fourth-order valence-electron chi connectivity index (χ4n) is 2.70. The average molecular weight is 281 g/mol. The zero-order valence-electron chi connectivity index (χ0n) is 11.2. The normalized spacial score (nSPS) is 23.4. The van der Waals surface area contributed by atoms with Crippen LogP contribution in [0.3, 0.4) is 0 Å². The SMILES string of the molecule is O=C(O)C=CC(=O)NC(=O)N1CCC(N2CCCC2)C1. The summed E-state index contributed by atoms with van der Waals surface area (Å²) in [7, 11) is 0. The van der Waals surface area contributed by atoms with Gasteiger partial charge in [0.2, 0.25) is 0 Å². The van der Waals surface area contributed by atoms with Gasteiger partial charge >= 0.3 is 12.0 Å². The molecule has 0 aliphatic carbocycles. The van der Waals surface area contributed by atoms with Gasteiger partial charge in [-0.2, -0.15) is 0 Å². The minimum atomic E-state index is -1.22. The van der Waals surface area contributed by atoms with Gasteiger partial charge in [0.05, 0.1) is 0 Å². The van der Waals surface area contributed by atoms with E-state index in [0.29, 0.717) is 25.2 Å². The van der Waals surface area contributed by atoms with Gasteiger partial charge in [-0.3, -0.25) is 15.0 Å². The minimum Gasteiger partial charge on any atom is -0.478 e. The summed E-state index contributed by atoms with van der Waals surface area (Å²) in [6.45, 7) is 3.42. The summed E-state index contributed by atoms with van der Waals surface area (Å²) in [5, 5.41) is 10.6. The van der Waals surface area contributed by atoms with Crippen LogP contribution >= 0.6 is 0 Å². The molecule has 2 N–H and O–H groups in total. The molecular weight excluding hydrogens is 262 g/mol. The van der Waals surface area contributed by atoms with E-state index in [9.17, 15) is 14.4 Å². The van der Waals surface area contributed by atoms with E-state index in [0.717, 1.165) is 25.6 Å². The Hall–Kier alpha value is -1.89. The number of imide groups is 1. The van der Waals surface area contributed by atoms with E-state index in [1.807, 2.05) is 0 Å². The van der Waals surface area contributed by atoms with Crippen LogP contribution in [0, 0.1) is 0 Å². The first-order valence-corrected chi connectivity index (χ1v) is 6.81. The molecule has 0 radical (unpaired) electrons. The fourth-order valence-corrected chi connectivity index (χ4v) is 2.70. The maximum Gasteiger partial charge on any atom is 0.328 e. The quantitative estimate of drug-likeness (QED) is 0.713. The van der Waals surface area contributed by atoms with E-state index in [-0.39, 0.29) is 0 Å². The van der Waals surface area contributed by atoms with Gasteiger partial charge in [0.15, 0.2) is 0 Å². The monoisotopic (exact) mass is 281 g/mol. The minimum absolute atomic E-state index is 0.382. The summed E-state index contributed by atoms with van der Waals surface area (Å²) in [4.78, 5) is 37.5. The molecule has 2 aliphatic rings. The molecule has 0 aromatic rings. The Bertz CT molecular complexity index is 429. The number of nitrogens with zero attached hydrogens (tertiary/aromatic N) is 2. The van der Waals surface area contributed by atoms with Gasteiger partial charge in [0.25, 0.3) is 5.91 Å². The van der Waals surface area contributed by atoms with E-state index >= 15 is 0 Å². The highest BCUT2D eigenvalue weighted by atomic mass is 16.4. The molecule has 7 nitrogen and oxygen atoms in total. The first-order valence-electron chi connectivity index (χ1n) is 6.81. The van der Waals surface area contributed by atoms with Crippen molar-refractivity contribution >= 4 is 17.9 Å². The van der Waals surface area contributed by atoms with E-state index in [1.165, 1.54) is 12.8 Å². The van der Waals surface area contributed by atoms with Crippen LogP contribution in [0.4, 0.5) is 4.79 Å². The topological polar surface area (TPSA) is 89.9 Å². The lowest BCUT2D eigenvalue weighted by molar-refractivity contribution is -0.131. The Morgan fingerprint density at radius 1 is 1.10 bits per heavy atom. The number of hydrogen-bond acceptors (Lipinski definition) is 4. The lowest BCUT2D eigenvalue weighted by atomic mass is 10.2. The number of carbonyl (C=O) groups excluding carboxylic acids is 2. The van der Waals surface area contributed by atoms with Crippen LogP contribution in [0.15, 0.2) is 12.2 Å². The molecule has 2 heterocycles. The number of carboxylic acid groups (broad SMARTS) is 1. The number of carboxylic acids is 1. The molecule has 2 fully saturated rings. The molecule has 1 atom stereocenters. The molecule has 0 saturated carbocycles. The molecule has 7 heteroatoms. The highest BCUT2D eigenvalue weighted by molar-refractivity contribution is 6.02. The summed E-state index contributed by atoms with van der Waals surface area (Å²) in [5.74, 6) is -1.93. The third kappa shape index (κ3) is 3.80. The van der Waals surface area contributed by atoms with Gasteiger partial charge < -0.3 is 10.0 Å². The molecule has 2 saturated heterocycles. The van der Waals surface area contributed by atoms with Crippen molar-refractivity contribution in [2.45, 2.75) is 25.3 Å². The van der Waals surface area contributed by atoms with E-state index < -0.39 is 17.9 Å². The van der Waals surface area contributed by atoms with Crippen molar-refractivity contribution in [3.63, 3.8) is 0 Å². The molecule has 0 spiro atoms. The zero-order valence-corrected chi connectivity index (χ0v) is 11.2. The van der Waals surface area contributed by atoms with Crippen molar-refractivity contribution in [1.29, 1.82) is 0 Å². The number of likely N-dealkylation sites (tertiary alicyclic amines) is 2. The van der Waals surface area contributed by atoms with Crippen molar-refractivity contribution in [1.82, 2.24) is 15.1 Å². The molecule has 0 bridgehead atoms.